The molecule has 136 valence electrons. The summed E-state index contributed by atoms with van der Waals surface area (Å²) in [5, 5.41) is 9.08. The highest BCUT2D eigenvalue weighted by Crippen LogP contribution is 2.26. The van der Waals surface area contributed by atoms with Gasteiger partial charge in [0.1, 0.15) is 0 Å². The molecule has 2 heterocycles. The molecular formula is C20H22N2O4. The first-order valence-corrected chi connectivity index (χ1v) is 8.83. The van der Waals surface area contributed by atoms with Crippen molar-refractivity contribution in [3.8, 4) is 0 Å². The predicted molar refractivity (Wildman–Crippen MR) is 97.2 cm³/mol. The molecule has 1 aromatic rings. The van der Waals surface area contributed by atoms with Crippen LogP contribution in [0.5, 0.6) is 0 Å². The Morgan fingerprint density at radius 2 is 1.77 bits per heavy atom. The lowest BCUT2D eigenvalue weighted by Crippen LogP contribution is -2.39. The van der Waals surface area contributed by atoms with Crippen LogP contribution in [0.25, 0.3) is 5.57 Å². The number of rotatable bonds is 3. The van der Waals surface area contributed by atoms with E-state index in [4.69, 9.17) is 5.11 Å². The van der Waals surface area contributed by atoms with Gasteiger partial charge in [0.2, 0.25) is 0 Å². The van der Waals surface area contributed by atoms with Gasteiger partial charge >= 0.3 is 6.09 Å². The number of hydrogen-bond acceptors (Lipinski definition) is 3. The molecule has 2 aliphatic rings. The maximum Gasteiger partial charge on any atom is 0.407 e. The molecule has 3 rings (SSSR count). The van der Waals surface area contributed by atoms with Crippen LogP contribution in [-0.2, 0) is 9.59 Å². The van der Waals surface area contributed by atoms with Gasteiger partial charge in [-0.15, -0.1) is 0 Å². The van der Waals surface area contributed by atoms with Crippen LogP contribution in [0.15, 0.2) is 48.6 Å². The zero-order chi connectivity index (χ0) is 18.5. The first-order chi connectivity index (χ1) is 12.6. The molecule has 6 nitrogen and oxygen atoms in total. The van der Waals surface area contributed by atoms with E-state index in [0.717, 1.165) is 5.56 Å². The van der Waals surface area contributed by atoms with Crippen molar-refractivity contribution >= 4 is 23.5 Å². The van der Waals surface area contributed by atoms with Gasteiger partial charge in [-0.25, -0.2) is 4.79 Å². The van der Waals surface area contributed by atoms with Gasteiger partial charge in [0.25, 0.3) is 11.8 Å². The standard InChI is InChI=1S/C20H22N2O4/c23-18-8-4-5-11-22(18)19(24)17(16-6-2-1-3-7-16)14-15-9-12-21(13-10-15)20(25)26/h1-4,6-8,14-15H,5,9-13H2,(H,25,26). The van der Waals surface area contributed by atoms with E-state index in [1.54, 1.807) is 6.08 Å². The van der Waals surface area contributed by atoms with Gasteiger partial charge in [-0.05, 0) is 36.8 Å². The summed E-state index contributed by atoms with van der Waals surface area (Å²) in [5.74, 6) is -0.463. The van der Waals surface area contributed by atoms with E-state index in [2.05, 4.69) is 0 Å². The second-order valence-corrected chi connectivity index (χ2v) is 6.54. The summed E-state index contributed by atoms with van der Waals surface area (Å²) in [6.45, 7) is 1.30. The van der Waals surface area contributed by atoms with Crippen LogP contribution in [0, 0.1) is 5.92 Å². The highest BCUT2D eigenvalue weighted by molar-refractivity contribution is 6.24. The minimum Gasteiger partial charge on any atom is -0.465 e. The molecule has 1 saturated heterocycles. The van der Waals surface area contributed by atoms with Crippen molar-refractivity contribution in [2.24, 2.45) is 5.92 Å². The molecule has 0 saturated carbocycles. The Hall–Kier alpha value is -2.89. The van der Waals surface area contributed by atoms with Crippen LogP contribution in [0.3, 0.4) is 0 Å². The van der Waals surface area contributed by atoms with Gasteiger partial charge in [-0.2, -0.15) is 0 Å². The van der Waals surface area contributed by atoms with Crippen molar-refractivity contribution in [1.82, 2.24) is 9.80 Å². The average Bonchev–Trinajstić information content (AvgIpc) is 2.67. The second-order valence-electron chi connectivity index (χ2n) is 6.54. The topological polar surface area (TPSA) is 77.9 Å². The zero-order valence-corrected chi connectivity index (χ0v) is 14.5. The number of benzene rings is 1. The number of allylic oxidation sites excluding steroid dienone is 1. The van der Waals surface area contributed by atoms with E-state index in [9.17, 15) is 14.4 Å². The Morgan fingerprint density at radius 3 is 2.38 bits per heavy atom. The molecule has 1 fully saturated rings. The van der Waals surface area contributed by atoms with Gasteiger partial charge in [-0.1, -0.05) is 42.5 Å². The number of carbonyl (C=O) groups is 3. The quantitative estimate of drug-likeness (QED) is 0.847. The molecule has 0 radical (unpaired) electrons. The summed E-state index contributed by atoms with van der Waals surface area (Å²) >= 11 is 0. The van der Waals surface area contributed by atoms with Gasteiger partial charge in [-0.3, -0.25) is 14.5 Å². The first-order valence-electron chi connectivity index (χ1n) is 8.83. The lowest BCUT2D eigenvalue weighted by atomic mass is 9.91. The predicted octanol–water partition coefficient (Wildman–Crippen LogP) is 2.78. The van der Waals surface area contributed by atoms with Gasteiger partial charge in [0.15, 0.2) is 0 Å². The smallest absolute Gasteiger partial charge is 0.407 e. The molecule has 0 spiro atoms. The summed E-state index contributed by atoms with van der Waals surface area (Å²) < 4.78 is 0. The van der Waals surface area contributed by atoms with Crippen molar-refractivity contribution in [1.29, 1.82) is 0 Å². The summed E-state index contributed by atoms with van der Waals surface area (Å²) in [5.41, 5.74) is 1.29. The van der Waals surface area contributed by atoms with Crippen molar-refractivity contribution in [3.05, 3.63) is 54.1 Å². The SMILES string of the molecule is O=C(O)N1CCC(C=C(C(=O)N2CCC=CC2=O)c2ccccc2)CC1. The maximum absolute atomic E-state index is 13.1. The van der Waals surface area contributed by atoms with Crippen LogP contribution < -0.4 is 0 Å². The van der Waals surface area contributed by atoms with E-state index in [-0.39, 0.29) is 17.7 Å². The van der Waals surface area contributed by atoms with Crippen molar-refractivity contribution < 1.29 is 19.5 Å². The van der Waals surface area contributed by atoms with Crippen molar-refractivity contribution in [3.63, 3.8) is 0 Å². The first kappa shape index (κ1) is 17.9. The van der Waals surface area contributed by atoms with Crippen LogP contribution in [0.2, 0.25) is 0 Å². The molecule has 26 heavy (non-hydrogen) atoms. The lowest BCUT2D eigenvalue weighted by molar-refractivity contribution is -0.138. The fourth-order valence-electron chi connectivity index (χ4n) is 3.34. The van der Waals surface area contributed by atoms with Crippen LogP contribution >= 0.6 is 0 Å². The van der Waals surface area contributed by atoms with Crippen LogP contribution in [0.4, 0.5) is 4.79 Å². The number of amides is 3. The summed E-state index contributed by atoms with van der Waals surface area (Å²) in [4.78, 5) is 38.9. The molecule has 0 atom stereocenters. The number of carboxylic acid groups (broad SMARTS) is 1. The molecule has 1 aromatic carbocycles. The lowest BCUT2D eigenvalue weighted by Gasteiger charge is -2.29. The van der Waals surface area contributed by atoms with Gasteiger partial charge in [0, 0.05) is 25.2 Å². The summed E-state index contributed by atoms with van der Waals surface area (Å²) in [6, 6.07) is 9.33. The minimum absolute atomic E-state index is 0.111. The molecule has 0 bridgehead atoms. The van der Waals surface area contributed by atoms with E-state index in [0.29, 0.717) is 44.5 Å². The van der Waals surface area contributed by atoms with Gasteiger partial charge < -0.3 is 10.0 Å². The zero-order valence-electron chi connectivity index (χ0n) is 14.5. The molecule has 0 unspecified atom stereocenters. The number of carbonyl (C=O) groups excluding carboxylic acids is 2. The number of imide groups is 1. The number of hydrogen-bond donors (Lipinski definition) is 1. The molecule has 6 heteroatoms. The van der Waals surface area contributed by atoms with Crippen LogP contribution in [0.1, 0.15) is 24.8 Å². The highest BCUT2D eigenvalue weighted by Gasteiger charge is 2.27. The van der Waals surface area contributed by atoms with Gasteiger partial charge in [0.05, 0.1) is 0 Å². The van der Waals surface area contributed by atoms with Crippen molar-refractivity contribution in [2.45, 2.75) is 19.3 Å². The van der Waals surface area contributed by atoms with E-state index in [1.807, 2.05) is 36.4 Å². The van der Waals surface area contributed by atoms with E-state index >= 15 is 0 Å². The monoisotopic (exact) mass is 354 g/mol. The molecule has 3 amide bonds. The molecular weight excluding hydrogens is 332 g/mol. The Morgan fingerprint density at radius 1 is 1.08 bits per heavy atom. The number of nitrogens with zero attached hydrogens (tertiary/aromatic N) is 2. The molecule has 2 aliphatic heterocycles. The normalized spacial score (nSPS) is 18.9. The van der Waals surface area contributed by atoms with Crippen molar-refractivity contribution in [2.75, 3.05) is 19.6 Å². The second kappa shape index (κ2) is 7.99. The molecule has 0 aliphatic carbocycles. The highest BCUT2D eigenvalue weighted by atomic mass is 16.4. The molecule has 0 aromatic heterocycles. The summed E-state index contributed by atoms with van der Waals surface area (Å²) in [7, 11) is 0. The fraction of sp³-hybridized carbons (Fsp3) is 0.350. The van der Waals surface area contributed by atoms with Crippen LogP contribution in [-0.4, -0.2) is 52.4 Å². The number of likely N-dealkylation sites (tertiary alicyclic amines) is 1. The Labute approximate surface area is 152 Å². The molecule has 1 N–H and O–H groups in total. The third kappa shape index (κ3) is 4.02. The third-order valence-corrected chi connectivity index (χ3v) is 4.82. The fourth-order valence-corrected chi connectivity index (χ4v) is 3.34. The number of piperidine rings is 1. The van der Waals surface area contributed by atoms with E-state index < -0.39 is 6.09 Å². The minimum atomic E-state index is -0.905. The third-order valence-electron chi connectivity index (χ3n) is 4.82. The average molecular weight is 354 g/mol. The van der Waals surface area contributed by atoms with E-state index in [1.165, 1.54) is 15.9 Å². The summed E-state index contributed by atoms with van der Waals surface area (Å²) in [6.07, 6.45) is 6.24. The Bertz CT molecular complexity index is 746. The largest absolute Gasteiger partial charge is 0.465 e. The Kier molecular flexibility index (Phi) is 5.51. The Balaban J connectivity index is 1.85. The maximum atomic E-state index is 13.1.